The van der Waals surface area contributed by atoms with Gasteiger partial charge >= 0.3 is 0 Å². The highest BCUT2D eigenvalue weighted by molar-refractivity contribution is 5.91. The number of rotatable bonds is 6. The Morgan fingerprint density at radius 2 is 2.00 bits per heavy atom. The molecule has 0 bridgehead atoms. The average Bonchev–Trinajstić information content (AvgIpc) is 3.16. The fraction of sp³-hybridized carbons (Fsp3) is 0.500. The molecule has 1 aliphatic rings. The molecule has 0 aliphatic carbocycles. The van der Waals surface area contributed by atoms with Crippen LogP contribution in [0.4, 0.5) is 5.69 Å². The summed E-state index contributed by atoms with van der Waals surface area (Å²) in [6.07, 6.45) is 3.00. The zero-order valence-corrected chi connectivity index (χ0v) is 15.5. The molecule has 2 heterocycles. The third-order valence-electron chi connectivity index (χ3n) is 4.76. The number of aromatic nitrogens is 2. The number of benzene rings is 1. The van der Waals surface area contributed by atoms with Crippen molar-refractivity contribution in [2.45, 2.75) is 52.6 Å². The van der Waals surface area contributed by atoms with Gasteiger partial charge in [0.1, 0.15) is 0 Å². The van der Waals surface area contributed by atoms with E-state index in [0.29, 0.717) is 6.42 Å². The van der Waals surface area contributed by atoms with Gasteiger partial charge in [-0.3, -0.25) is 14.4 Å². The van der Waals surface area contributed by atoms with Crippen LogP contribution in [0.2, 0.25) is 0 Å². The number of nitrogens with zero attached hydrogens (tertiary/aromatic N) is 3. The lowest BCUT2D eigenvalue weighted by atomic mass is 10.1. The highest BCUT2D eigenvalue weighted by atomic mass is 16.1. The smallest absolute Gasteiger partial charge is 0.226 e. The first-order valence-electron chi connectivity index (χ1n) is 9.15. The fourth-order valence-corrected chi connectivity index (χ4v) is 3.61. The van der Waals surface area contributed by atoms with E-state index in [4.69, 9.17) is 0 Å². The third kappa shape index (κ3) is 4.69. The molecule has 1 atom stereocenters. The van der Waals surface area contributed by atoms with Gasteiger partial charge in [-0.05, 0) is 70.5 Å². The van der Waals surface area contributed by atoms with E-state index in [2.05, 4.69) is 27.4 Å². The van der Waals surface area contributed by atoms with Crippen molar-refractivity contribution in [3.8, 4) is 0 Å². The molecule has 5 heteroatoms. The van der Waals surface area contributed by atoms with Gasteiger partial charge in [-0.2, -0.15) is 5.10 Å². The van der Waals surface area contributed by atoms with Crippen LogP contribution in [-0.2, 0) is 11.3 Å². The van der Waals surface area contributed by atoms with E-state index in [1.807, 2.05) is 43.7 Å². The molecule has 134 valence electrons. The van der Waals surface area contributed by atoms with E-state index < -0.39 is 0 Å². The summed E-state index contributed by atoms with van der Waals surface area (Å²) < 4.78 is 1.93. The van der Waals surface area contributed by atoms with Crippen molar-refractivity contribution in [2.24, 2.45) is 0 Å². The normalized spacial score (nSPS) is 16.1. The molecule has 1 N–H and O–H groups in total. The topological polar surface area (TPSA) is 50.2 Å². The van der Waals surface area contributed by atoms with Crippen LogP contribution in [-0.4, -0.2) is 33.7 Å². The average molecular weight is 340 g/mol. The molecule has 0 unspecified atom stereocenters. The molecule has 0 saturated carbocycles. The van der Waals surface area contributed by atoms with E-state index in [-0.39, 0.29) is 11.9 Å². The third-order valence-corrected chi connectivity index (χ3v) is 4.76. The van der Waals surface area contributed by atoms with Gasteiger partial charge in [-0.1, -0.05) is 12.1 Å². The number of nitrogens with one attached hydrogen (secondary N) is 1. The standard InChI is InChI=1S/C20H28N4O/c1-15-11-16(2)24(22-15)17(3)12-20(25)21-19-8-6-7-18(13-19)14-23-9-4-5-10-23/h6-8,11,13,17H,4-5,9-10,12,14H2,1-3H3,(H,21,25)/t17-/m0/s1. The highest BCUT2D eigenvalue weighted by Gasteiger charge is 2.15. The number of anilines is 1. The molecule has 2 aromatic rings. The minimum absolute atomic E-state index is 0.0263. The summed E-state index contributed by atoms with van der Waals surface area (Å²) in [7, 11) is 0. The molecular weight excluding hydrogens is 312 g/mol. The molecule has 1 amide bonds. The summed E-state index contributed by atoms with van der Waals surface area (Å²) in [6.45, 7) is 9.35. The van der Waals surface area contributed by atoms with Crippen LogP contribution in [0.3, 0.4) is 0 Å². The lowest BCUT2D eigenvalue weighted by Gasteiger charge is -2.16. The van der Waals surface area contributed by atoms with Crippen LogP contribution in [0.1, 0.15) is 49.2 Å². The summed E-state index contributed by atoms with van der Waals surface area (Å²) >= 11 is 0. The van der Waals surface area contributed by atoms with Crippen LogP contribution >= 0.6 is 0 Å². The van der Waals surface area contributed by atoms with Gasteiger partial charge in [0.05, 0.1) is 11.7 Å². The van der Waals surface area contributed by atoms with Crippen LogP contribution in [0, 0.1) is 13.8 Å². The molecular formula is C20H28N4O. The van der Waals surface area contributed by atoms with Gasteiger partial charge in [0.25, 0.3) is 0 Å². The predicted molar refractivity (Wildman–Crippen MR) is 101 cm³/mol. The van der Waals surface area contributed by atoms with Gasteiger partial charge in [0.15, 0.2) is 0 Å². The second-order valence-electron chi connectivity index (χ2n) is 7.16. The van der Waals surface area contributed by atoms with Gasteiger partial charge in [-0.25, -0.2) is 0 Å². The lowest BCUT2D eigenvalue weighted by Crippen LogP contribution is -2.20. The zero-order valence-electron chi connectivity index (χ0n) is 15.5. The van der Waals surface area contributed by atoms with E-state index in [9.17, 15) is 4.79 Å². The Hall–Kier alpha value is -2.14. The van der Waals surface area contributed by atoms with Crippen LogP contribution in [0.15, 0.2) is 30.3 Å². The molecule has 1 aromatic carbocycles. The minimum Gasteiger partial charge on any atom is -0.326 e. The van der Waals surface area contributed by atoms with Crippen molar-refractivity contribution in [2.75, 3.05) is 18.4 Å². The van der Waals surface area contributed by atoms with Gasteiger partial charge in [0.2, 0.25) is 5.91 Å². The molecule has 1 saturated heterocycles. The largest absolute Gasteiger partial charge is 0.326 e. The number of carbonyl (C=O) groups is 1. The maximum absolute atomic E-state index is 12.4. The Labute approximate surface area is 150 Å². The SMILES string of the molecule is Cc1cc(C)n([C@@H](C)CC(=O)Nc2cccc(CN3CCCC3)c2)n1. The van der Waals surface area contributed by atoms with Gasteiger partial charge in [0, 0.05) is 24.3 Å². The van der Waals surface area contributed by atoms with E-state index in [1.54, 1.807) is 0 Å². The Balaban J connectivity index is 1.57. The Kier molecular flexibility index (Phi) is 5.53. The predicted octanol–water partition coefficient (Wildman–Crippen LogP) is 3.69. The van der Waals surface area contributed by atoms with E-state index >= 15 is 0 Å². The monoisotopic (exact) mass is 340 g/mol. The summed E-state index contributed by atoms with van der Waals surface area (Å²) in [5.41, 5.74) is 4.21. The number of likely N-dealkylation sites (tertiary alicyclic amines) is 1. The van der Waals surface area contributed by atoms with Crippen molar-refractivity contribution >= 4 is 11.6 Å². The maximum atomic E-state index is 12.4. The first kappa shape index (κ1) is 17.7. The Morgan fingerprint density at radius 3 is 2.68 bits per heavy atom. The van der Waals surface area contributed by atoms with Crippen LogP contribution in [0.25, 0.3) is 0 Å². The summed E-state index contributed by atoms with van der Waals surface area (Å²) in [5, 5.41) is 7.51. The number of carbonyl (C=O) groups excluding carboxylic acids is 1. The first-order valence-corrected chi connectivity index (χ1v) is 9.15. The molecule has 25 heavy (non-hydrogen) atoms. The Morgan fingerprint density at radius 1 is 1.24 bits per heavy atom. The number of aryl methyl sites for hydroxylation is 2. The van der Waals surface area contributed by atoms with Gasteiger partial charge in [-0.15, -0.1) is 0 Å². The van der Waals surface area contributed by atoms with E-state index in [0.717, 1.165) is 23.6 Å². The summed E-state index contributed by atoms with van der Waals surface area (Å²) in [6, 6.07) is 10.3. The zero-order chi connectivity index (χ0) is 17.8. The highest BCUT2D eigenvalue weighted by Crippen LogP contribution is 2.18. The molecule has 0 radical (unpaired) electrons. The molecule has 1 fully saturated rings. The summed E-state index contributed by atoms with van der Waals surface area (Å²) in [4.78, 5) is 14.9. The van der Waals surface area contributed by atoms with Gasteiger partial charge < -0.3 is 5.32 Å². The minimum atomic E-state index is 0.0263. The van der Waals surface area contributed by atoms with Crippen molar-refractivity contribution in [1.29, 1.82) is 0 Å². The number of hydrogen-bond acceptors (Lipinski definition) is 3. The van der Waals surface area contributed by atoms with Crippen molar-refractivity contribution in [3.63, 3.8) is 0 Å². The molecule has 1 aromatic heterocycles. The second kappa shape index (κ2) is 7.83. The fourth-order valence-electron chi connectivity index (χ4n) is 3.61. The number of hydrogen-bond donors (Lipinski definition) is 1. The summed E-state index contributed by atoms with van der Waals surface area (Å²) in [5.74, 6) is 0.0263. The first-order chi connectivity index (χ1) is 12.0. The van der Waals surface area contributed by atoms with Crippen molar-refractivity contribution in [1.82, 2.24) is 14.7 Å². The molecule has 1 aliphatic heterocycles. The van der Waals surface area contributed by atoms with Crippen molar-refractivity contribution < 1.29 is 4.79 Å². The lowest BCUT2D eigenvalue weighted by molar-refractivity contribution is -0.116. The number of amides is 1. The quantitative estimate of drug-likeness (QED) is 0.872. The second-order valence-corrected chi connectivity index (χ2v) is 7.16. The van der Waals surface area contributed by atoms with E-state index in [1.165, 1.54) is 31.5 Å². The van der Waals surface area contributed by atoms with Crippen molar-refractivity contribution in [3.05, 3.63) is 47.3 Å². The molecule has 0 spiro atoms. The Bertz CT molecular complexity index is 731. The van der Waals surface area contributed by atoms with Crippen LogP contribution < -0.4 is 5.32 Å². The maximum Gasteiger partial charge on any atom is 0.226 e. The molecule has 5 nitrogen and oxygen atoms in total. The molecule has 3 rings (SSSR count). The van der Waals surface area contributed by atoms with Crippen LogP contribution in [0.5, 0.6) is 0 Å².